The maximum Gasteiger partial charge on any atom is 0.335 e. The largest absolute Gasteiger partial charge is 0.493 e. The minimum Gasteiger partial charge on any atom is -0.493 e. The molecule has 7 nitrogen and oxygen atoms in total. The average Bonchev–Trinajstić information content (AvgIpc) is 2.73. The summed E-state index contributed by atoms with van der Waals surface area (Å²) in [7, 11) is 1.49. The Hall–Kier alpha value is -2.55. The lowest BCUT2D eigenvalue weighted by atomic mass is 10.1. The summed E-state index contributed by atoms with van der Waals surface area (Å²) >= 11 is 15.3. The number of nitrogens with one attached hydrogen (secondary N) is 1. The van der Waals surface area contributed by atoms with Crippen molar-refractivity contribution in [2.45, 2.75) is 13.3 Å². The highest BCUT2D eigenvalue weighted by Crippen LogP contribution is 2.35. The number of urea groups is 1. The van der Waals surface area contributed by atoms with E-state index in [1.165, 1.54) is 31.4 Å². The minimum atomic E-state index is -0.884. The summed E-state index contributed by atoms with van der Waals surface area (Å²) in [6.07, 6.45) is 2.19. The summed E-state index contributed by atoms with van der Waals surface area (Å²) in [5, 5.41) is 2.59. The maximum atomic E-state index is 13.1. The topological polar surface area (TPSA) is 84.9 Å². The Kier molecular flexibility index (Phi) is 7.25. The van der Waals surface area contributed by atoms with E-state index < -0.39 is 17.8 Å². The van der Waals surface area contributed by atoms with Crippen LogP contribution in [0, 0.1) is 0 Å². The Bertz CT molecular complexity index is 1100. The van der Waals surface area contributed by atoms with Crippen molar-refractivity contribution in [1.82, 2.24) is 5.32 Å². The van der Waals surface area contributed by atoms with E-state index in [0.29, 0.717) is 28.1 Å². The third kappa shape index (κ3) is 4.87. The lowest BCUT2D eigenvalue weighted by Gasteiger charge is -2.26. The molecule has 2 aromatic rings. The van der Waals surface area contributed by atoms with Gasteiger partial charge in [0.2, 0.25) is 0 Å². The Morgan fingerprint density at radius 3 is 2.48 bits per heavy atom. The summed E-state index contributed by atoms with van der Waals surface area (Å²) in [6.45, 7) is 2.49. The number of ether oxygens (including phenoxy) is 2. The summed E-state index contributed by atoms with van der Waals surface area (Å²) in [4.78, 5) is 38.6. The van der Waals surface area contributed by atoms with Crippen LogP contribution < -0.4 is 19.7 Å². The number of nitrogens with zero attached hydrogens (tertiary/aromatic N) is 1. The molecule has 0 spiro atoms. The molecular weight excluding hydrogens is 511 g/mol. The number of hydrogen-bond donors (Lipinski definition) is 1. The smallest absolute Gasteiger partial charge is 0.335 e. The van der Waals surface area contributed by atoms with E-state index >= 15 is 0 Å². The Morgan fingerprint density at radius 2 is 1.84 bits per heavy atom. The van der Waals surface area contributed by atoms with Gasteiger partial charge in [0.1, 0.15) is 5.57 Å². The SMILES string of the molecule is CCCOc1cc(Br)c(/C=C2/C(=O)NC(=O)N(c3ccc(Cl)c(Cl)c3)C2=O)cc1OC. The monoisotopic (exact) mass is 526 g/mol. The average molecular weight is 528 g/mol. The van der Waals surface area contributed by atoms with Crippen molar-refractivity contribution in [3.8, 4) is 11.5 Å². The van der Waals surface area contributed by atoms with Crippen LogP contribution in [-0.4, -0.2) is 31.6 Å². The quantitative estimate of drug-likeness (QED) is 0.411. The molecule has 0 saturated carbocycles. The summed E-state index contributed by atoms with van der Waals surface area (Å²) < 4.78 is 11.6. The lowest BCUT2D eigenvalue weighted by molar-refractivity contribution is -0.122. The van der Waals surface area contributed by atoms with Crippen molar-refractivity contribution < 1.29 is 23.9 Å². The van der Waals surface area contributed by atoms with Crippen LogP contribution in [0.3, 0.4) is 0 Å². The molecule has 0 aliphatic carbocycles. The van der Waals surface area contributed by atoms with Gasteiger partial charge in [-0.2, -0.15) is 0 Å². The Balaban J connectivity index is 2.02. The second-order valence-corrected chi connectivity index (χ2v) is 8.10. The van der Waals surface area contributed by atoms with Crippen LogP contribution in [0.4, 0.5) is 10.5 Å². The molecule has 1 fully saturated rings. The van der Waals surface area contributed by atoms with Crippen molar-refractivity contribution in [1.29, 1.82) is 0 Å². The first kappa shape index (κ1) is 23.1. The number of imide groups is 2. The van der Waals surface area contributed by atoms with Crippen molar-refractivity contribution >= 4 is 68.7 Å². The van der Waals surface area contributed by atoms with Gasteiger partial charge in [0, 0.05) is 4.47 Å². The molecule has 0 radical (unpaired) electrons. The minimum absolute atomic E-state index is 0.164. The molecule has 1 aliphatic heterocycles. The van der Waals surface area contributed by atoms with E-state index in [1.807, 2.05) is 6.92 Å². The molecule has 31 heavy (non-hydrogen) atoms. The fraction of sp³-hybridized carbons (Fsp3) is 0.190. The normalized spacial score (nSPS) is 15.3. The van der Waals surface area contributed by atoms with Gasteiger partial charge in [-0.1, -0.05) is 46.1 Å². The van der Waals surface area contributed by atoms with E-state index in [1.54, 1.807) is 12.1 Å². The second-order valence-electron chi connectivity index (χ2n) is 6.43. The van der Waals surface area contributed by atoms with Crippen LogP contribution in [0.2, 0.25) is 10.0 Å². The van der Waals surface area contributed by atoms with E-state index in [9.17, 15) is 14.4 Å². The molecule has 4 amide bonds. The van der Waals surface area contributed by atoms with Crippen LogP contribution in [0.1, 0.15) is 18.9 Å². The van der Waals surface area contributed by atoms with Gasteiger partial charge in [-0.3, -0.25) is 14.9 Å². The van der Waals surface area contributed by atoms with Crippen molar-refractivity contribution in [3.05, 3.63) is 56.0 Å². The number of methoxy groups -OCH3 is 1. The van der Waals surface area contributed by atoms with Gasteiger partial charge >= 0.3 is 6.03 Å². The molecule has 1 saturated heterocycles. The predicted molar refractivity (Wildman–Crippen MR) is 122 cm³/mol. The fourth-order valence-electron chi connectivity index (χ4n) is 2.82. The molecule has 0 bridgehead atoms. The molecule has 2 aromatic carbocycles. The van der Waals surface area contributed by atoms with E-state index in [0.717, 1.165) is 11.3 Å². The number of carbonyl (C=O) groups excluding carboxylic acids is 3. The van der Waals surface area contributed by atoms with Gasteiger partial charge in [-0.25, -0.2) is 9.69 Å². The summed E-state index contributed by atoms with van der Waals surface area (Å²) in [5.74, 6) is -0.664. The number of anilines is 1. The van der Waals surface area contributed by atoms with Crippen molar-refractivity contribution in [2.24, 2.45) is 0 Å². The molecular formula is C21H17BrCl2N2O5. The van der Waals surface area contributed by atoms with Gasteiger partial charge < -0.3 is 9.47 Å². The molecule has 1 N–H and O–H groups in total. The number of benzene rings is 2. The zero-order chi connectivity index (χ0) is 22.7. The highest BCUT2D eigenvalue weighted by atomic mass is 79.9. The van der Waals surface area contributed by atoms with E-state index in [4.69, 9.17) is 32.7 Å². The Labute approximate surface area is 197 Å². The molecule has 0 aromatic heterocycles. The van der Waals surface area contributed by atoms with Gasteiger partial charge in [0.05, 0.1) is 29.4 Å². The van der Waals surface area contributed by atoms with Crippen LogP contribution in [0.5, 0.6) is 11.5 Å². The third-order valence-corrected chi connectivity index (χ3v) is 5.73. The first-order valence-corrected chi connectivity index (χ1v) is 10.7. The number of halogens is 3. The molecule has 162 valence electrons. The number of amides is 4. The molecule has 3 rings (SSSR count). The molecule has 10 heteroatoms. The maximum absolute atomic E-state index is 13.1. The highest BCUT2D eigenvalue weighted by molar-refractivity contribution is 9.10. The van der Waals surface area contributed by atoms with Gasteiger partial charge in [0.25, 0.3) is 11.8 Å². The Morgan fingerprint density at radius 1 is 1.10 bits per heavy atom. The van der Waals surface area contributed by atoms with Crippen molar-refractivity contribution in [3.63, 3.8) is 0 Å². The zero-order valence-electron chi connectivity index (χ0n) is 16.5. The molecule has 0 unspecified atom stereocenters. The number of rotatable bonds is 6. The predicted octanol–water partition coefficient (Wildman–Crippen LogP) is 5.22. The number of carbonyl (C=O) groups is 3. The molecule has 1 heterocycles. The van der Waals surface area contributed by atoms with Crippen LogP contribution in [-0.2, 0) is 9.59 Å². The van der Waals surface area contributed by atoms with Crippen LogP contribution in [0.25, 0.3) is 6.08 Å². The summed E-state index contributed by atoms with van der Waals surface area (Å²) in [5.41, 5.74) is 0.425. The summed E-state index contributed by atoms with van der Waals surface area (Å²) in [6, 6.07) is 6.71. The van der Waals surface area contributed by atoms with Gasteiger partial charge in [-0.05, 0) is 48.4 Å². The highest BCUT2D eigenvalue weighted by Gasteiger charge is 2.37. The standard InChI is InChI=1S/C21H17BrCl2N2O5/c1-3-6-31-18-10-14(22)11(8-17(18)30-2)7-13-19(27)25-21(29)26(20(13)28)12-4-5-15(23)16(24)9-12/h4-5,7-10H,3,6H2,1-2H3,(H,25,27,29)/b13-7-. The molecule has 0 atom stereocenters. The second kappa shape index (κ2) is 9.72. The van der Waals surface area contributed by atoms with Crippen molar-refractivity contribution in [2.75, 3.05) is 18.6 Å². The number of barbiturate groups is 1. The first-order valence-electron chi connectivity index (χ1n) is 9.13. The van der Waals surface area contributed by atoms with E-state index in [2.05, 4.69) is 21.2 Å². The lowest BCUT2D eigenvalue weighted by Crippen LogP contribution is -2.54. The first-order chi connectivity index (χ1) is 14.8. The van der Waals surface area contributed by atoms with Crippen LogP contribution in [0.15, 0.2) is 40.4 Å². The molecule has 1 aliphatic rings. The number of hydrogen-bond acceptors (Lipinski definition) is 5. The van der Waals surface area contributed by atoms with Crippen LogP contribution >= 0.6 is 39.1 Å². The van der Waals surface area contributed by atoms with Gasteiger partial charge in [-0.15, -0.1) is 0 Å². The van der Waals surface area contributed by atoms with E-state index in [-0.39, 0.29) is 21.3 Å². The zero-order valence-corrected chi connectivity index (χ0v) is 19.6. The third-order valence-electron chi connectivity index (χ3n) is 4.31. The van der Waals surface area contributed by atoms with Gasteiger partial charge in [0.15, 0.2) is 11.5 Å². The fourth-order valence-corrected chi connectivity index (χ4v) is 3.55.